The molecule has 3 aromatic rings. The Hall–Kier alpha value is -0.725. The first-order valence-electron chi connectivity index (χ1n) is 8.21. The number of nitrogens with one attached hydrogen (secondary N) is 1. The fourth-order valence-corrected chi connectivity index (χ4v) is 3.32. The van der Waals surface area contributed by atoms with Crippen LogP contribution in [0.1, 0.15) is 24.5 Å². The van der Waals surface area contributed by atoms with Crippen LogP contribution in [0.3, 0.4) is 0 Å². The topological polar surface area (TPSA) is 55.7 Å². The van der Waals surface area contributed by atoms with E-state index in [0.717, 1.165) is 54.0 Å². The molecule has 4 nitrogen and oxygen atoms in total. The van der Waals surface area contributed by atoms with Crippen molar-refractivity contribution in [2.75, 3.05) is 13.1 Å². The summed E-state index contributed by atoms with van der Waals surface area (Å²) in [5.41, 5.74) is 5.09. The van der Waals surface area contributed by atoms with Crippen LogP contribution in [0.15, 0.2) is 48.8 Å². The Balaban J connectivity index is 0.00000182. The number of piperidine rings is 1. The van der Waals surface area contributed by atoms with Gasteiger partial charge in [0.1, 0.15) is 11.5 Å². The van der Waals surface area contributed by atoms with Crippen LogP contribution in [-0.4, -0.2) is 28.3 Å². The van der Waals surface area contributed by atoms with E-state index in [4.69, 9.17) is 0 Å². The van der Waals surface area contributed by atoms with Crippen LogP contribution in [0.4, 0.5) is 4.39 Å². The first kappa shape index (κ1) is 19.0. The van der Waals surface area contributed by atoms with Crippen LogP contribution in [0, 0.1) is 5.82 Å². The Morgan fingerprint density at radius 1 is 0.960 bits per heavy atom. The molecular weight excluding hydrogens is 389 g/mol. The van der Waals surface area contributed by atoms with E-state index in [1.165, 1.54) is 12.1 Å². The van der Waals surface area contributed by atoms with Gasteiger partial charge < -0.3 is 5.32 Å². The minimum Gasteiger partial charge on any atom is -0.662 e. The number of rotatable bonds is 3. The van der Waals surface area contributed by atoms with E-state index in [1.54, 1.807) is 24.5 Å². The van der Waals surface area contributed by atoms with Gasteiger partial charge in [-0.1, -0.05) is 12.8 Å². The number of nitrogens with zero attached hydrogens (tertiary/aromatic N) is 3. The smallest absolute Gasteiger partial charge is 0.662 e. The number of benzene rings is 1. The summed E-state index contributed by atoms with van der Waals surface area (Å²) < 4.78 is 13.3. The summed E-state index contributed by atoms with van der Waals surface area (Å²) in [4.78, 5) is 4.12. The third-order valence-electron chi connectivity index (χ3n) is 4.56. The maximum absolute atomic E-state index is 13.3. The van der Waals surface area contributed by atoms with Gasteiger partial charge in [-0.15, -0.1) is 13.1 Å². The third-order valence-corrected chi connectivity index (χ3v) is 4.56. The molecule has 0 atom stereocenters. The van der Waals surface area contributed by atoms with Crippen LogP contribution >= 0.6 is 0 Å². The van der Waals surface area contributed by atoms with Crippen molar-refractivity contribution in [3.63, 3.8) is 0 Å². The molecule has 1 N–H and O–H groups in total. The van der Waals surface area contributed by atoms with E-state index in [-0.39, 0.29) is 64.0 Å². The van der Waals surface area contributed by atoms with Crippen molar-refractivity contribution in [3.8, 4) is 22.4 Å². The molecule has 122 valence electrons. The van der Waals surface area contributed by atoms with E-state index in [2.05, 4.69) is 20.5 Å². The molecule has 4 rings (SSSR count). The number of aromatic amines is 1. The number of pyridine rings is 1. The van der Waals surface area contributed by atoms with Crippen LogP contribution in [0.25, 0.3) is 27.7 Å². The molecule has 1 aromatic carbocycles. The van der Waals surface area contributed by atoms with Crippen molar-refractivity contribution >= 4 is 0 Å². The van der Waals surface area contributed by atoms with E-state index in [0.29, 0.717) is 5.92 Å². The zero-order valence-electron chi connectivity index (χ0n) is 14.2. The molecule has 0 spiro atoms. The largest absolute Gasteiger partial charge is 1.00 e. The molecule has 1 fully saturated rings. The van der Waals surface area contributed by atoms with Gasteiger partial charge in [-0.05, 0) is 47.9 Å². The quantitative estimate of drug-likeness (QED) is 0.717. The number of aromatic nitrogens is 3. The van der Waals surface area contributed by atoms with Crippen molar-refractivity contribution < 1.29 is 62.6 Å². The summed E-state index contributed by atoms with van der Waals surface area (Å²) >= 11 is 0. The van der Waals surface area contributed by atoms with E-state index in [1.807, 2.05) is 12.1 Å². The van der Waals surface area contributed by atoms with E-state index in [9.17, 15) is 4.39 Å². The Labute approximate surface area is 195 Å². The number of H-pyrrole nitrogens is 1. The second-order valence-electron chi connectivity index (χ2n) is 6.05. The summed E-state index contributed by atoms with van der Waals surface area (Å²) in [6, 6.07) is 10.5. The molecule has 0 saturated carbocycles. The van der Waals surface area contributed by atoms with Gasteiger partial charge in [-0.25, -0.2) is 4.39 Å². The first-order chi connectivity index (χ1) is 11.8. The van der Waals surface area contributed by atoms with Gasteiger partial charge in [0.25, 0.3) is 0 Å². The molecule has 1 saturated heterocycles. The molecule has 0 bridgehead atoms. The standard InChI is InChI=1S/C19H18FN4.Rb/c20-16-3-1-14(2-4-16)18-17(13-5-9-21-10-6-13)19(24-23-18)15-7-11-22-12-8-15;/h1-6,9-10,15H,7-8,11-12H2,(H,23,24);/q-1;+1. The van der Waals surface area contributed by atoms with Crippen molar-refractivity contribution in [2.45, 2.75) is 18.8 Å². The minimum atomic E-state index is -0.242. The molecule has 25 heavy (non-hydrogen) atoms. The average molecular weight is 407 g/mol. The zero-order chi connectivity index (χ0) is 16.4. The van der Waals surface area contributed by atoms with Crippen LogP contribution in [0.5, 0.6) is 0 Å². The molecule has 0 unspecified atom stereocenters. The van der Waals surface area contributed by atoms with Gasteiger partial charge in [-0.3, -0.25) is 10.1 Å². The molecule has 2 aromatic heterocycles. The maximum atomic E-state index is 13.3. The van der Waals surface area contributed by atoms with Crippen molar-refractivity contribution in [3.05, 3.63) is 65.6 Å². The van der Waals surface area contributed by atoms with Crippen molar-refractivity contribution in [1.82, 2.24) is 15.2 Å². The Kier molecular flexibility index (Phi) is 6.69. The minimum absolute atomic E-state index is 0. The van der Waals surface area contributed by atoms with Crippen molar-refractivity contribution in [1.29, 1.82) is 0 Å². The molecule has 0 aliphatic carbocycles. The predicted molar refractivity (Wildman–Crippen MR) is 92.3 cm³/mol. The molecule has 1 aliphatic rings. The molecule has 6 heteroatoms. The van der Waals surface area contributed by atoms with E-state index < -0.39 is 0 Å². The number of halogens is 1. The SMILES string of the molecule is Fc1ccc(-c2n[nH]c(C3CC[N-]CC3)c2-c2ccncc2)cc1.[Rb+]. The van der Waals surface area contributed by atoms with Gasteiger partial charge in [0.05, 0.1) is 0 Å². The summed E-state index contributed by atoms with van der Waals surface area (Å²) in [6.45, 7) is 1.79. The fourth-order valence-electron chi connectivity index (χ4n) is 3.32. The monoisotopic (exact) mass is 406 g/mol. The predicted octanol–water partition coefficient (Wildman–Crippen LogP) is 1.53. The molecule has 1 aliphatic heterocycles. The Bertz CT molecular complexity index is 811. The van der Waals surface area contributed by atoms with Crippen LogP contribution in [0.2, 0.25) is 0 Å². The van der Waals surface area contributed by atoms with Crippen LogP contribution < -0.4 is 58.2 Å². The summed E-state index contributed by atoms with van der Waals surface area (Å²) in [7, 11) is 0. The van der Waals surface area contributed by atoms with Crippen molar-refractivity contribution in [2.24, 2.45) is 0 Å². The first-order valence-corrected chi connectivity index (χ1v) is 8.21. The molecule has 3 heterocycles. The number of hydrogen-bond acceptors (Lipinski definition) is 2. The number of hydrogen-bond donors (Lipinski definition) is 1. The molecule has 0 radical (unpaired) electrons. The second-order valence-corrected chi connectivity index (χ2v) is 6.05. The normalized spacial score (nSPS) is 14.9. The van der Waals surface area contributed by atoms with Gasteiger partial charge in [0, 0.05) is 29.2 Å². The maximum Gasteiger partial charge on any atom is 1.00 e. The summed E-state index contributed by atoms with van der Waals surface area (Å²) in [5, 5.41) is 12.3. The Morgan fingerprint density at radius 3 is 2.32 bits per heavy atom. The van der Waals surface area contributed by atoms with E-state index >= 15 is 0 Å². The molecular formula is C19H18FN4Rb. The Morgan fingerprint density at radius 2 is 1.64 bits per heavy atom. The summed E-state index contributed by atoms with van der Waals surface area (Å²) in [6.07, 6.45) is 5.64. The van der Waals surface area contributed by atoms with Crippen LogP contribution in [-0.2, 0) is 0 Å². The van der Waals surface area contributed by atoms with Gasteiger partial charge in [0.15, 0.2) is 0 Å². The third kappa shape index (κ3) is 4.17. The average Bonchev–Trinajstić information content (AvgIpc) is 3.09. The second kappa shape index (κ2) is 8.78. The fraction of sp³-hybridized carbons (Fsp3) is 0.263. The summed E-state index contributed by atoms with van der Waals surface area (Å²) in [5.74, 6) is 0.182. The van der Waals surface area contributed by atoms with Gasteiger partial charge >= 0.3 is 58.2 Å². The van der Waals surface area contributed by atoms with Gasteiger partial charge in [0.2, 0.25) is 0 Å². The molecule has 0 amide bonds. The zero-order valence-corrected chi connectivity index (χ0v) is 19.2. The van der Waals surface area contributed by atoms with Gasteiger partial charge in [-0.2, -0.15) is 5.10 Å².